The largest absolute Gasteiger partial charge is 0.369 e. The zero-order valence-electron chi connectivity index (χ0n) is 11.3. The lowest BCUT2D eigenvalue weighted by Crippen LogP contribution is -2.41. The van der Waals surface area contributed by atoms with Crippen molar-refractivity contribution in [3.63, 3.8) is 0 Å². The Morgan fingerprint density at radius 3 is 2.53 bits per heavy atom. The van der Waals surface area contributed by atoms with Crippen LogP contribution in [0.1, 0.15) is 32.8 Å². The third-order valence-electron chi connectivity index (χ3n) is 3.60. The van der Waals surface area contributed by atoms with E-state index in [2.05, 4.69) is 66.8 Å². The van der Waals surface area contributed by atoms with Gasteiger partial charge in [0, 0.05) is 22.7 Å². The molecule has 0 aliphatic rings. The second-order valence-electron chi connectivity index (χ2n) is 5.04. The fourth-order valence-corrected chi connectivity index (χ4v) is 2.13. The van der Waals surface area contributed by atoms with Gasteiger partial charge in [-0.3, -0.25) is 0 Å². The van der Waals surface area contributed by atoms with Gasteiger partial charge in [-0.25, -0.2) is 0 Å². The Morgan fingerprint density at radius 1 is 1.35 bits per heavy atom. The van der Waals surface area contributed by atoms with Gasteiger partial charge in [-0.15, -0.1) is 0 Å². The minimum absolute atomic E-state index is 0.157. The van der Waals surface area contributed by atoms with E-state index >= 15 is 0 Å². The molecule has 0 saturated heterocycles. The van der Waals surface area contributed by atoms with E-state index in [1.807, 2.05) is 0 Å². The molecule has 96 valence electrons. The number of hydrogen-bond donors (Lipinski definition) is 1. The van der Waals surface area contributed by atoms with Crippen molar-refractivity contribution in [2.45, 2.75) is 39.2 Å². The van der Waals surface area contributed by atoms with E-state index in [4.69, 9.17) is 5.73 Å². The molecule has 17 heavy (non-hydrogen) atoms. The van der Waals surface area contributed by atoms with Gasteiger partial charge in [-0.1, -0.05) is 28.9 Å². The summed E-state index contributed by atoms with van der Waals surface area (Å²) in [5.74, 6) is 0. The van der Waals surface area contributed by atoms with Gasteiger partial charge in [-0.2, -0.15) is 0 Å². The van der Waals surface area contributed by atoms with Crippen molar-refractivity contribution >= 4 is 21.6 Å². The lowest BCUT2D eigenvalue weighted by Gasteiger charge is -2.38. The number of rotatable bonds is 5. The summed E-state index contributed by atoms with van der Waals surface area (Å²) >= 11 is 3.55. The van der Waals surface area contributed by atoms with Crippen LogP contribution in [-0.2, 0) is 6.42 Å². The van der Waals surface area contributed by atoms with Crippen LogP contribution in [0.25, 0.3) is 0 Å². The molecule has 0 spiro atoms. The molecule has 0 heterocycles. The van der Waals surface area contributed by atoms with Crippen LogP contribution in [0.3, 0.4) is 0 Å². The molecule has 0 radical (unpaired) electrons. The number of hydrogen-bond acceptors (Lipinski definition) is 2. The number of nitrogens with zero attached hydrogens (tertiary/aromatic N) is 1. The van der Waals surface area contributed by atoms with Gasteiger partial charge >= 0.3 is 0 Å². The van der Waals surface area contributed by atoms with E-state index in [-0.39, 0.29) is 5.54 Å². The molecule has 0 fully saturated rings. The first-order valence-corrected chi connectivity index (χ1v) is 6.94. The van der Waals surface area contributed by atoms with Crippen LogP contribution in [0.4, 0.5) is 5.69 Å². The molecule has 1 aromatic carbocycles. The Morgan fingerprint density at radius 2 is 2.00 bits per heavy atom. The molecular weight excluding hydrogens is 276 g/mol. The zero-order valence-corrected chi connectivity index (χ0v) is 12.8. The molecule has 0 unspecified atom stereocenters. The third kappa shape index (κ3) is 3.46. The monoisotopic (exact) mass is 298 g/mol. The molecule has 0 aliphatic carbocycles. The first-order chi connectivity index (χ1) is 7.92. The Hall–Kier alpha value is -0.540. The van der Waals surface area contributed by atoms with E-state index in [0.717, 1.165) is 17.3 Å². The number of anilines is 1. The van der Waals surface area contributed by atoms with Crippen molar-refractivity contribution in [3.05, 3.63) is 28.2 Å². The highest BCUT2D eigenvalue weighted by molar-refractivity contribution is 9.10. The quantitative estimate of drug-likeness (QED) is 0.900. The Kier molecular flexibility index (Phi) is 5.02. The van der Waals surface area contributed by atoms with E-state index in [9.17, 15) is 0 Å². The molecule has 0 bridgehead atoms. The summed E-state index contributed by atoms with van der Waals surface area (Å²) in [6, 6.07) is 6.43. The van der Waals surface area contributed by atoms with Crippen molar-refractivity contribution in [3.8, 4) is 0 Å². The van der Waals surface area contributed by atoms with E-state index in [0.29, 0.717) is 6.54 Å². The summed E-state index contributed by atoms with van der Waals surface area (Å²) in [7, 11) is 2.16. The molecule has 0 saturated carbocycles. The predicted octanol–water partition coefficient (Wildman–Crippen LogP) is 3.58. The average Bonchev–Trinajstić information content (AvgIpc) is 2.30. The number of halogens is 1. The van der Waals surface area contributed by atoms with Gasteiger partial charge in [0.25, 0.3) is 0 Å². The maximum absolute atomic E-state index is 5.68. The SMILES string of the molecule is CCC(C)(C)N(C)c1cc(Br)ccc1CCN. The van der Waals surface area contributed by atoms with Crippen LogP contribution in [-0.4, -0.2) is 19.1 Å². The van der Waals surface area contributed by atoms with Gasteiger partial charge in [0.15, 0.2) is 0 Å². The van der Waals surface area contributed by atoms with Crippen LogP contribution < -0.4 is 10.6 Å². The van der Waals surface area contributed by atoms with E-state index < -0.39 is 0 Å². The average molecular weight is 299 g/mol. The highest BCUT2D eigenvalue weighted by atomic mass is 79.9. The molecule has 2 N–H and O–H groups in total. The van der Waals surface area contributed by atoms with Crippen LogP contribution in [0.2, 0.25) is 0 Å². The summed E-state index contributed by atoms with van der Waals surface area (Å²) in [5, 5.41) is 0. The first-order valence-electron chi connectivity index (χ1n) is 6.14. The number of nitrogens with two attached hydrogens (primary N) is 1. The fourth-order valence-electron chi connectivity index (χ4n) is 1.78. The van der Waals surface area contributed by atoms with Gasteiger partial charge < -0.3 is 10.6 Å². The topological polar surface area (TPSA) is 29.3 Å². The van der Waals surface area contributed by atoms with Crippen molar-refractivity contribution < 1.29 is 0 Å². The van der Waals surface area contributed by atoms with Crippen molar-refractivity contribution in [2.75, 3.05) is 18.5 Å². The van der Waals surface area contributed by atoms with Gasteiger partial charge in [0.2, 0.25) is 0 Å². The van der Waals surface area contributed by atoms with Crippen molar-refractivity contribution in [1.82, 2.24) is 0 Å². The molecule has 1 rings (SSSR count). The van der Waals surface area contributed by atoms with Crippen LogP contribution in [0, 0.1) is 0 Å². The van der Waals surface area contributed by atoms with Crippen LogP contribution in [0.5, 0.6) is 0 Å². The maximum atomic E-state index is 5.68. The van der Waals surface area contributed by atoms with E-state index in [1.54, 1.807) is 0 Å². The minimum Gasteiger partial charge on any atom is -0.369 e. The highest BCUT2D eigenvalue weighted by Gasteiger charge is 2.23. The van der Waals surface area contributed by atoms with Crippen molar-refractivity contribution in [1.29, 1.82) is 0 Å². The van der Waals surface area contributed by atoms with E-state index in [1.165, 1.54) is 11.3 Å². The molecule has 0 aliphatic heterocycles. The second-order valence-corrected chi connectivity index (χ2v) is 5.95. The van der Waals surface area contributed by atoms with Gasteiger partial charge in [-0.05, 0) is 50.9 Å². The molecule has 0 amide bonds. The van der Waals surface area contributed by atoms with Crippen molar-refractivity contribution in [2.24, 2.45) is 5.73 Å². The second kappa shape index (κ2) is 5.87. The lowest BCUT2D eigenvalue weighted by atomic mass is 9.97. The van der Waals surface area contributed by atoms with Crippen LogP contribution >= 0.6 is 15.9 Å². The summed E-state index contributed by atoms with van der Waals surface area (Å²) in [6.07, 6.45) is 2.03. The molecular formula is C14H23BrN2. The highest BCUT2D eigenvalue weighted by Crippen LogP contribution is 2.30. The normalized spacial score (nSPS) is 11.6. The third-order valence-corrected chi connectivity index (χ3v) is 4.09. The fraction of sp³-hybridized carbons (Fsp3) is 0.571. The minimum atomic E-state index is 0.157. The molecule has 0 aromatic heterocycles. The molecule has 2 nitrogen and oxygen atoms in total. The lowest BCUT2D eigenvalue weighted by molar-refractivity contribution is 0.469. The Balaban J connectivity index is 3.14. The Bertz CT molecular complexity index is 374. The smallest absolute Gasteiger partial charge is 0.0412 e. The maximum Gasteiger partial charge on any atom is 0.0412 e. The van der Waals surface area contributed by atoms with Gasteiger partial charge in [0.1, 0.15) is 0 Å². The summed E-state index contributed by atoms with van der Waals surface area (Å²) < 4.78 is 1.12. The summed E-state index contributed by atoms with van der Waals surface area (Å²) in [4.78, 5) is 2.35. The summed E-state index contributed by atoms with van der Waals surface area (Å²) in [5.41, 5.74) is 8.43. The van der Waals surface area contributed by atoms with Crippen LogP contribution in [0.15, 0.2) is 22.7 Å². The zero-order chi connectivity index (χ0) is 13.1. The standard InChI is InChI=1S/C14H23BrN2/c1-5-14(2,3)17(4)13-10-12(15)7-6-11(13)8-9-16/h6-7,10H,5,8-9,16H2,1-4H3. The van der Waals surface area contributed by atoms with Gasteiger partial charge in [0.05, 0.1) is 0 Å². The summed E-state index contributed by atoms with van der Waals surface area (Å²) in [6.45, 7) is 7.44. The molecule has 3 heteroatoms. The predicted molar refractivity (Wildman–Crippen MR) is 79.7 cm³/mol. The first kappa shape index (κ1) is 14.5. The molecule has 0 atom stereocenters. The Labute approximate surface area is 113 Å². The number of benzene rings is 1. The molecule has 1 aromatic rings.